The Hall–Kier alpha value is -1.84. The SMILES string of the molecule is C/[N+]([O-])=C/C(=O)OCc1ccccc1. The van der Waals surface area contributed by atoms with Gasteiger partial charge in [0.05, 0.1) is 0 Å². The zero-order chi connectivity index (χ0) is 10.4. The van der Waals surface area contributed by atoms with Gasteiger partial charge in [-0.05, 0) is 5.56 Å². The van der Waals surface area contributed by atoms with Gasteiger partial charge in [-0.2, -0.15) is 0 Å². The van der Waals surface area contributed by atoms with Gasteiger partial charge in [0.15, 0.2) is 0 Å². The molecule has 1 aromatic rings. The van der Waals surface area contributed by atoms with E-state index in [-0.39, 0.29) is 6.61 Å². The molecule has 0 atom stereocenters. The van der Waals surface area contributed by atoms with Crippen LogP contribution in [0.5, 0.6) is 0 Å². The maximum Gasteiger partial charge on any atom is 0.396 e. The van der Waals surface area contributed by atoms with E-state index < -0.39 is 5.97 Å². The van der Waals surface area contributed by atoms with Gasteiger partial charge < -0.3 is 9.94 Å². The molecule has 4 heteroatoms. The number of rotatable bonds is 3. The summed E-state index contributed by atoms with van der Waals surface area (Å²) in [5.41, 5.74) is 0.891. The van der Waals surface area contributed by atoms with Crippen LogP contribution in [0.1, 0.15) is 5.56 Å². The van der Waals surface area contributed by atoms with Crippen LogP contribution in [-0.4, -0.2) is 24.0 Å². The first kappa shape index (κ1) is 10.2. The molecule has 0 saturated carbocycles. The highest BCUT2D eigenvalue weighted by Crippen LogP contribution is 1.99. The monoisotopic (exact) mass is 193 g/mol. The number of hydrogen-bond acceptors (Lipinski definition) is 3. The van der Waals surface area contributed by atoms with Crippen molar-refractivity contribution < 1.29 is 14.3 Å². The highest BCUT2D eigenvalue weighted by Gasteiger charge is 2.02. The molecule has 0 aliphatic rings. The van der Waals surface area contributed by atoms with E-state index in [0.29, 0.717) is 4.74 Å². The second kappa shape index (κ2) is 5.01. The largest absolute Gasteiger partial charge is 0.624 e. The lowest BCUT2D eigenvalue weighted by Crippen LogP contribution is -2.11. The molecule has 0 aliphatic carbocycles. The molecule has 0 radical (unpaired) electrons. The maximum absolute atomic E-state index is 10.9. The number of hydroxylamine groups is 1. The molecular formula is C10H11NO3. The molecule has 0 unspecified atom stereocenters. The Morgan fingerprint density at radius 2 is 2.14 bits per heavy atom. The van der Waals surface area contributed by atoms with Crippen LogP contribution in [0.15, 0.2) is 30.3 Å². The predicted molar refractivity (Wildman–Crippen MR) is 51.9 cm³/mol. The molecule has 1 rings (SSSR count). The molecule has 0 aliphatic heterocycles. The molecule has 0 saturated heterocycles. The number of nitrogens with zero attached hydrogens (tertiary/aromatic N) is 1. The summed E-state index contributed by atoms with van der Waals surface area (Å²) >= 11 is 0. The van der Waals surface area contributed by atoms with E-state index in [0.717, 1.165) is 11.8 Å². The van der Waals surface area contributed by atoms with Gasteiger partial charge in [0.1, 0.15) is 13.7 Å². The number of carbonyl (C=O) groups excluding carboxylic acids is 1. The smallest absolute Gasteiger partial charge is 0.396 e. The summed E-state index contributed by atoms with van der Waals surface area (Å²) < 4.78 is 5.21. The van der Waals surface area contributed by atoms with E-state index in [1.807, 2.05) is 30.3 Å². The Balaban J connectivity index is 2.42. The Labute approximate surface area is 82.0 Å². The van der Waals surface area contributed by atoms with Crippen LogP contribution in [0.25, 0.3) is 0 Å². The molecular weight excluding hydrogens is 182 g/mol. The van der Waals surface area contributed by atoms with Gasteiger partial charge in [-0.25, -0.2) is 9.53 Å². The Morgan fingerprint density at radius 3 is 2.71 bits per heavy atom. The minimum absolute atomic E-state index is 0.185. The quantitative estimate of drug-likeness (QED) is 0.236. The van der Waals surface area contributed by atoms with Crippen molar-refractivity contribution in [1.82, 2.24) is 0 Å². The van der Waals surface area contributed by atoms with E-state index in [1.165, 1.54) is 7.05 Å². The molecule has 0 fully saturated rings. The van der Waals surface area contributed by atoms with Crippen molar-refractivity contribution in [3.63, 3.8) is 0 Å². The summed E-state index contributed by atoms with van der Waals surface area (Å²) in [4.78, 5) is 10.9. The van der Waals surface area contributed by atoms with Crippen LogP contribution in [-0.2, 0) is 16.1 Å². The van der Waals surface area contributed by atoms with E-state index >= 15 is 0 Å². The molecule has 0 amide bonds. The fourth-order valence-electron chi connectivity index (χ4n) is 0.914. The summed E-state index contributed by atoms with van der Waals surface area (Å²) in [6, 6.07) is 9.27. The van der Waals surface area contributed by atoms with Gasteiger partial charge in [0, 0.05) is 0 Å². The molecule has 0 spiro atoms. The second-order valence-corrected chi connectivity index (χ2v) is 2.77. The van der Waals surface area contributed by atoms with Crippen LogP contribution in [0.2, 0.25) is 0 Å². The molecule has 1 aromatic carbocycles. The normalized spacial score (nSPS) is 11.1. The standard InChI is InChI=1S/C10H11NO3/c1-11(13)7-10(12)14-8-9-5-3-2-4-6-9/h2-7H,8H2,1H3/b11-7-. The van der Waals surface area contributed by atoms with E-state index in [1.54, 1.807) is 0 Å². The summed E-state index contributed by atoms with van der Waals surface area (Å²) in [7, 11) is 1.23. The highest BCUT2D eigenvalue weighted by atomic mass is 16.5. The third-order valence-electron chi connectivity index (χ3n) is 1.51. The molecule has 0 N–H and O–H groups in total. The topological polar surface area (TPSA) is 52.4 Å². The number of benzene rings is 1. The number of hydrogen-bond donors (Lipinski definition) is 0. The third kappa shape index (κ3) is 3.71. The lowest BCUT2D eigenvalue weighted by atomic mass is 10.2. The van der Waals surface area contributed by atoms with Crippen molar-refractivity contribution in [3.8, 4) is 0 Å². The Morgan fingerprint density at radius 1 is 1.50 bits per heavy atom. The minimum Gasteiger partial charge on any atom is -0.624 e. The third-order valence-corrected chi connectivity index (χ3v) is 1.51. The lowest BCUT2D eigenvalue weighted by molar-refractivity contribution is -0.417. The van der Waals surface area contributed by atoms with E-state index in [9.17, 15) is 10.0 Å². The van der Waals surface area contributed by atoms with Crippen molar-refractivity contribution in [1.29, 1.82) is 0 Å². The number of esters is 1. The van der Waals surface area contributed by atoms with Crippen molar-refractivity contribution in [2.45, 2.75) is 6.61 Å². The van der Waals surface area contributed by atoms with Crippen LogP contribution in [0.4, 0.5) is 0 Å². The minimum atomic E-state index is -0.633. The Bertz CT molecular complexity index is 328. The number of ether oxygens (including phenoxy) is 1. The van der Waals surface area contributed by atoms with Gasteiger partial charge in [0.2, 0.25) is 0 Å². The van der Waals surface area contributed by atoms with Crippen molar-refractivity contribution in [2.75, 3.05) is 7.05 Å². The van der Waals surface area contributed by atoms with E-state index in [4.69, 9.17) is 4.74 Å². The van der Waals surface area contributed by atoms with Gasteiger partial charge >= 0.3 is 5.97 Å². The van der Waals surface area contributed by atoms with Crippen LogP contribution in [0, 0.1) is 5.21 Å². The highest BCUT2D eigenvalue weighted by molar-refractivity contribution is 6.20. The maximum atomic E-state index is 10.9. The summed E-state index contributed by atoms with van der Waals surface area (Å²) in [6.07, 6.45) is 0.850. The first-order valence-electron chi connectivity index (χ1n) is 4.14. The summed E-state index contributed by atoms with van der Waals surface area (Å²) in [5, 5.41) is 10.4. The summed E-state index contributed by atoms with van der Waals surface area (Å²) in [5.74, 6) is -0.633. The molecule has 0 aromatic heterocycles. The fraction of sp³-hybridized carbons (Fsp3) is 0.200. The molecule has 4 nitrogen and oxygen atoms in total. The Kier molecular flexibility index (Phi) is 3.67. The molecule has 74 valence electrons. The first-order chi connectivity index (χ1) is 6.68. The van der Waals surface area contributed by atoms with Crippen LogP contribution >= 0.6 is 0 Å². The lowest BCUT2D eigenvalue weighted by Gasteiger charge is -2.00. The van der Waals surface area contributed by atoms with Gasteiger partial charge in [0.25, 0.3) is 6.21 Å². The average molecular weight is 193 g/mol. The molecule has 0 bridgehead atoms. The zero-order valence-corrected chi connectivity index (χ0v) is 7.84. The van der Waals surface area contributed by atoms with Gasteiger partial charge in [-0.1, -0.05) is 30.3 Å². The summed E-state index contributed by atoms with van der Waals surface area (Å²) in [6.45, 7) is 0.185. The van der Waals surface area contributed by atoms with Crippen molar-refractivity contribution in [2.24, 2.45) is 0 Å². The number of carbonyl (C=O) groups is 1. The fourth-order valence-corrected chi connectivity index (χ4v) is 0.914. The van der Waals surface area contributed by atoms with Gasteiger partial charge in [-0.15, -0.1) is 0 Å². The molecule has 14 heavy (non-hydrogen) atoms. The molecule has 0 heterocycles. The second-order valence-electron chi connectivity index (χ2n) is 2.77. The van der Waals surface area contributed by atoms with E-state index in [2.05, 4.69) is 0 Å². The average Bonchev–Trinajstić information content (AvgIpc) is 2.15. The zero-order valence-electron chi connectivity index (χ0n) is 7.84. The first-order valence-corrected chi connectivity index (χ1v) is 4.14. The van der Waals surface area contributed by atoms with Crippen LogP contribution in [0.3, 0.4) is 0 Å². The van der Waals surface area contributed by atoms with Gasteiger partial charge in [-0.3, -0.25) is 0 Å². The van der Waals surface area contributed by atoms with Crippen LogP contribution < -0.4 is 0 Å². The van der Waals surface area contributed by atoms with Crippen molar-refractivity contribution in [3.05, 3.63) is 41.1 Å². The predicted octanol–water partition coefficient (Wildman–Crippen LogP) is 0.941. The van der Waals surface area contributed by atoms with Crippen molar-refractivity contribution >= 4 is 12.2 Å².